The summed E-state index contributed by atoms with van der Waals surface area (Å²) in [4.78, 5) is 23.2. The molecule has 140 valence electrons. The minimum absolute atomic E-state index is 0.128. The molecule has 25 heavy (non-hydrogen) atoms. The van der Waals surface area contributed by atoms with Crippen LogP contribution < -0.4 is 19.7 Å². The van der Waals surface area contributed by atoms with Gasteiger partial charge in [0.1, 0.15) is 0 Å². The standard InChI is InChI=1S/C17H28N4O4/c1-17(2,3)11-12(22)18-13-14(23-4)19-16(20-15(13)24-5)21-7-6-9-25-10-8-21/h6-11H2,1-5H3,(H,18,22). The topological polar surface area (TPSA) is 85.8 Å². The van der Waals surface area contributed by atoms with Crippen LogP contribution in [0, 0.1) is 5.41 Å². The van der Waals surface area contributed by atoms with Crippen molar-refractivity contribution in [2.75, 3.05) is 50.7 Å². The van der Waals surface area contributed by atoms with Crippen LogP contribution in [0.4, 0.5) is 11.6 Å². The minimum atomic E-state index is -0.136. The average Bonchev–Trinajstić information content (AvgIpc) is 2.82. The Morgan fingerprint density at radius 1 is 1.16 bits per heavy atom. The molecular weight excluding hydrogens is 324 g/mol. The van der Waals surface area contributed by atoms with Gasteiger partial charge in [0.25, 0.3) is 0 Å². The zero-order valence-electron chi connectivity index (χ0n) is 15.7. The molecule has 0 atom stereocenters. The van der Waals surface area contributed by atoms with Crippen LogP contribution in [0.15, 0.2) is 0 Å². The van der Waals surface area contributed by atoms with Gasteiger partial charge < -0.3 is 24.4 Å². The Hall–Kier alpha value is -2.09. The van der Waals surface area contributed by atoms with E-state index in [1.807, 2.05) is 25.7 Å². The molecule has 8 nitrogen and oxygen atoms in total. The van der Waals surface area contributed by atoms with Crippen molar-refractivity contribution in [2.24, 2.45) is 5.41 Å². The molecular formula is C17H28N4O4. The number of anilines is 2. The largest absolute Gasteiger partial charge is 0.479 e. The molecule has 0 aliphatic carbocycles. The Morgan fingerprint density at radius 2 is 1.80 bits per heavy atom. The zero-order chi connectivity index (χ0) is 18.4. The van der Waals surface area contributed by atoms with Crippen molar-refractivity contribution < 1.29 is 19.0 Å². The van der Waals surface area contributed by atoms with E-state index in [9.17, 15) is 4.79 Å². The lowest BCUT2D eigenvalue weighted by atomic mass is 9.92. The minimum Gasteiger partial charge on any atom is -0.479 e. The summed E-state index contributed by atoms with van der Waals surface area (Å²) in [5.41, 5.74) is 0.228. The molecule has 1 aromatic rings. The van der Waals surface area contributed by atoms with E-state index in [4.69, 9.17) is 14.2 Å². The Labute approximate surface area is 148 Å². The van der Waals surface area contributed by atoms with E-state index in [2.05, 4.69) is 15.3 Å². The van der Waals surface area contributed by atoms with Gasteiger partial charge in [0.15, 0.2) is 5.69 Å². The van der Waals surface area contributed by atoms with Gasteiger partial charge in [0.2, 0.25) is 23.6 Å². The highest BCUT2D eigenvalue weighted by atomic mass is 16.5. The van der Waals surface area contributed by atoms with Crippen molar-refractivity contribution in [1.82, 2.24) is 9.97 Å². The van der Waals surface area contributed by atoms with E-state index >= 15 is 0 Å². The van der Waals surface area contributed by atoms with Crippen LogP contribution in [0.25, 0.3) is 0 Å². The third-order valence-electron chi connectivity index (χ3n) is 3.68. The Morgan fingerprint density at radius 3 is 2.36 bits per heavy atom. The number of nitrogens with one attached hydrogen (secondary N) is 1. The van der Waals surface area contributed by atoms with Gasteiger partial charge in [-0.2, -0.15) is 9.97 Å². The highest BCUT2D eigenvalue weighted by Gasteiger charge is 2.23. The highest BCUT2D eigenvalue weighted by Crippen LogP contribution is 2.34. The van der Waals surface area contributed by atoms with Gasteiger partial charge in [-0.15, -0.1) is 0 Å². The Kier molecular flexibility index (Phi) is 6.41. The molecule has 2 heterocycles. The molecule has 1 amide bonds. The van der Waals surface area contributed by atoms with Gasteiger partial charge in [-0.1, -0.05) is 20.8 Å². The summed E-state index contributed by atoms with van der Waals surface area (Å²) in [6.45, 7) is 8.85. The van der Waals surface area contributed by atoms with Crippen LogP contribution in [0.5, 0.6) is 11.8 Å². The molecule has 2 rings (SSSR count). The lowest BCUT2D eigenvalue weighted by Gasteiger charge is -2.22. The van der Waals surface area contributed by atoms with Crippen LogP contribution in [-0.2, 0) is 9.53 Å². The van der Waals surface area contributed by atoms with Gasteiger partial charge >= 0.3 is 0 Å². The molecule has 0 spiro atoms. The highest BCUT2D eigenvalue weighted by molar-refractivity contribution is 5.93. The monoisotopic (exact) mass is 352 g/mol. The van der Waals surface area contributed by atoms with Gasteiger partial charge in [-0.3, -0.25) is 4.79 Å². The Balaban J connectivity index is 2.28. The predicted molar refractivity (Wildman–Crippen MR) is 95.5 cm³/mol. The van der Waals surface area contributed by atoms with Crippen molar-refractivity contribution >= 4 is 17.5 Å². The number of rotatable bonds is 5. The quantitative estimate of drug-likeness (QED) is 0.868. The molecule has 8 heteroatoms. The molecule has 1 aliphatic rings. The number of carbonyl (C=O) groups is 1. The summed E-state index contributed by atoms with van der Waals surface area (Å²) in [5.74, 6) is 0.945. The van der Waals surface area contributed by atoms with Crippen molar-refractivity contribution in [3.05, 3.63) is 0 Å². The van der Waals surface area contributed by atoms with Crippen molar-refractivity contribution in [3.8, 4) is 11.8 Å². The molecule has 1 N–H and O–H groups in total. The van der Waals surface area contributed by atoms with Crippen molar-refractivity contribution in [3.63, 3.8) is 0 Å². The normalized spacial score (nSPS) is 15.5. The van der Waals surface area contributed by atoms with E-state index in [0.29, 0.717) is 31.2 Å². The number of hydrogen-bond acceptors (Lipinski definition) is 7. The summed E-state index contributed by atoms with van der Waals surface area (Å²) in [7, 11) is 3.02. The molecule has 0 radical (unpaired) electrons. The van der Waals surface area contributed by atoms with Crippen molar-refractivity contribution in [1.29, 1.82) is 0 Å². The van der Waals surface area contributed by atoms with Gasteiger partial charge in [-0.25, -0.2) is 0 Å². The van der Waals surface area contributed by atoms with Crippen molar-refractivity contribution in [2.45, 2.75) is 33.6 Å². The second-order valence-electron chi connectivity index (χ2n) is 7.16. The maximum Gasteiger partial charge on any atom is 0.246 e. The summed E-state index contributed by atoms with van der Waals surface area (Å²) in [6.07, 6.45) is 1.27. The van der Waals surface area contributed by atoms with Crippen LogP contribution in [0.1, 0.15) is 33.6 Å². The average molecular weight is 352 g/mol. The van der Waals surface area contributed by atoms with E-state index < -0.39 is 0 Å². The molecule has 1 aromatic heterocycles. The summed E-state index contributed by atoms with van der Waals surface area (Å²) < 4.78 is 16.2. The number of nitrogens with zero attached hydrogens (tertiary/aromatic N) is 3. The molecule has 0 saturated carbocycles. The number of carbonyl (C=O) groups excluding carboxylic acids is 1. The maximum absolute atomic E-state index is 12.3. The first-order chi connectivity index (χ1) is 11.8. The lowest BCUT2D eigenvalue weighted by molar-refractivity contribution is -0.117. The van der Waals surface area contributed by atoms with Gasteiger partial charge in [-0.05, 0) is 11.8 Å². The SMILES string of the molecule is COc1nc(N2CCCOCC2)nc(OC)c1NC(=O)CC(C)(C)C. The predicted octanol–water partition coefficient (Wildman–Crippen LogP) is 2.10. The van der Waals surface area contributed by atoms with E-state index in [1.165, 1.54) is 14.2 Å². The second kappa shape index (κ2) is 8.33. The second-order valence-corrected chi connectivity index (χ2v) is 7.16. The molecule has 0 unspecified atom stereocenters. The fourth-order valence-electron chi connectivity index (χ4n) is 2.57. The first-order valence-electron chi connectivity index (χ1n) is 8.46. The number of methoxy groups -OCH3 is 2. The summed E-state index contributed by atoms with van der Waals surface area (Å²) in [5, 5.41) is 2.82. The Bertz CT molecular complexity index is 568. The summed E-state index contributed by atoms with van der Waals surface area (Å²) >= 11 is 0. The fourth-order valence-corrected chi connectivity index (χ4v) is 2.57. The molecule has 1 saturated heterocycles. The fraction of sp³-hybridized carbons (Fsp3) is 0.706. The number of aromatic nitrogens is 2. The van der Waals surface area contributed by atoms with Crippen LogP contribution in [0.2, 0.25) is 0 Å². The van der Waals surface area contributed by atoms with Crippen LogP contribution in [-0.4, -0.2) is 56.4 Å². The maximum atomic E-state index is 12.3. The number of hydrogen-bond donors (Lipinski definition) is 1. The third kappa shape index (κ3) is 5.45. The first-order valence-corrected chi connectivity index (χ1v) is 8.46. The zero-order valence-corrected chi connectivity index (χ0v) is 15.7. The molecule has 1 aliphatic heterocycles. The lowest BCUT2D eigenvalue weighted by Crippen LogP contribution is -2.28. The number of amides is 1. The molecule has 1 fully saturated rings. The van der Waals surface area contributed by atoms with E-state index in [0.717, 1.165) is 19.6 Å². The summed E-state index contributed by atoms with van der Waals surface area (Å²) in [6, 6.07) is 0. The molecule has 0 aromatic carbocycles. The van der Waals surface area contributed by atoms with Crippen LogP contribution >= 0.6 is 0 Å². The number of ether oxygens (including phenoxy) is 3. The third-order valence-corrected chi connectivity index (χ3v) is 3.68. The van der Waals surface area contributed by atoms with Crippen LogP contribution in [0.3, 0.4) is 0 Å². The van der Waals surface area contributed by atoms with Gasteiger partial charge in [0, 0.05) is 26.1 Å². The van der Waals surface area contributed by atoms with Gasteiger partial charge in [0.05, 0.1) is 20.8 Å². The first kappa shape index (κ1) is 19.2. The van der Waals surface area contributed by atoms with E-state index in [-0.39, 0.29) is 23.1 Å². The molecule has 0 bridgehead atoms. The smallest absolute Gasteiger partial charge is 0.246 e. The van der Waals surface area contributed by atoms with E-state index in [1.54, 1.807) is 0 Å².